The van der Waals surface area contributed by atoms with E-state index in [1.165, 1.54) is 0 Å². The number of hydrogen-bond donors (Lipinski definition) is 3. The van der Waals surface area contributed by atoms with Crippen LogP contribution < -0.4 is 15.4 Å². The molecule has 1 aliphatic carbocycles. The monoisotopic (exact) mass is 373 g/mol. The van der Waals surface area contributed by atoms with E-state index in [1.54, 1.807) is 7.11 Å². The summed E-state index contributed by atoms with van der Waals surface area (Å²) in [6.07, 6.45) is 5.64. The number of fused-ring (bicyclic) bond motifs is 2. The second kappa shape index (κ2) is 6.27. The molecule has 0 spiro atoms. The molecular weight excluding hydrogens is 354 g/mol. The average Bonchev–Trinajstić information content (AvgIpc) is 3.42. The maximum absolute atomic E-state index is 12.6. The largest absolute Gasteiger partial charge is 0.497 e. The zero-order valence-electron chi connectivity index (χ0n) is 15.3. The molecule has 0 atom stereocenters. The highest BCUT2D eigenvalue weighted by atomic mass is 16.5. The first-order valence-electron chi connectivity index (χ1n) is 9.26. The van der Waals surface area contributed by atoms with E-state index in [9.17, 15) is 9.59 Å². The SMILES string of the molecule is COc1ccc2[nH]cc(/C=C3\C(=O)Nc4ccc(NC(=O)C5CC5)cc43)c2c1. The van der Waals surface area contributed by atoms with Gasteiger partial charge >= 0.3 is 0 Å². The zero-order valence-corrected chi connectivity index (χ0v) is 15.3. The smallest absolute Gasteiger partial charge is 0.256 e. The third-order valence-corrected chi connectivity index (χ3v) is 5.24. The second-order valence-electron chi connectivity index (χ2n) is 7.19. The lowest BCUT2D eigenvalue weighted by molar-refractivity contribution is -0.117. The minimum absolute atomic E-state index is 0.0477. The van der Waals surface area contributed by atoms with Crippen LogP contribution in [0.5, 0.6) is 5.75 Å². The van der Waals surface area contributed by atoms with Crippen molar-refractivity contribution in [3.05, 3.63) is 53.7 Å². The molecule has 2 aromatic carbocycles. The van der Waals surface area contributed by atoms with Crippen molar-refractivity contribution in [1.82, 2.24) is 4.98 Å². The van der Waals surface area contributed by atoms with Crippen LogP contribution in [-0.4, -0.2) is 23.9 Å². The number of aromatic nitrogens is 1. The fourth-order valence-electron chi connectivity index (χ4n) is 3.52. The van der Waals surface area contributed by atoms with Crippen LogP contribution in [-0.2, 0) is 9.59 Å². The van der Waals surface area contributed by atoms with Crippen LogP contribution in [0.4, 0.5) is 11.4 Å². The molecule has 0 unspecified atom stereocenters. The summed E-state index contributed by atoms with van der Waals surface area (Å²) in [6, 6.07) is 11.3. The number of rotatable bonds is 4. The van der Waals surface area contributed by atoms with Crippen molar-refractivity contribution in [3.63, 3.8) is 0 Å². The Morgan fingerprint density at radius 3 is 2.86 bits per heavy atom. The number of ether oxygens (including phenoxy) is 1. The van der Waals surface area contributed by atoms with E-state index in [4.69, 9.17) is 4.74 Å². The Morgan fingerprint density at radius 1 is 1.21 bits per heavy atom. The Morgan fingerprint density at radius 2 is 2.07 bits per heavy atom. The molecule has 5 rings (SSSR count). The van der Waals surface area contributed by atoms with E-state index in [2.05, 4.69) is 15.6 Å². The molecule has 6 nitrogen and oxygen atoms in total. The van der Waals surface area contributed by atoms with E-state index in [1.807, 2.05) is 48.7 Å². The van der Waals surface area contributed by atoms with Gasteiger partial charge in [-0.3, -0.25) is 9.59 Å². The lowest BCUT2D eigenvalue weighted by atomic mass is 10.0. The van der Waals surface area contributed by atoms with Crippen molar-refractivity contribution in [2.45, 2.75) is 12.8 Å². The van der Waals surface area contributed by atoms with Gasteiger partial charge in [0.2, 0.25) is 5.91 Å². The molecule has 140 valence electrons. The van der Waals surface area contributed by atoms with Gasteiger partial charge in [0.25, 0.3) is 5.91 Å². The Hall–Kier alpha value is -3.54. The number of carbonyl (C=O) groups is 2. The van der Waals surface area contributed by atoms with E-state index >= 15 is 0 Å². The van der Waals surface area contributed by atoms with Gasteiger partial charge in [-0.05, 0) is 55.3 Å². The number of nitrogens with one attached hydrogen (secondary N) is 3. The Kier molecular flexibility index (Phi) is 3.72. The van der Waals surface area contributed by atoms with Crippen LogP contribution in [0, 0.1) is 5.92 Å². The first kappa shape index (κ1) is 16.6. The van der Waals surface area contributed by atoms with Crippen LogP contribution in [0.15, 0.2) is 42.6 Å². The molecular formula is C22H19N3O3. The number of H-pyrrole nitrogens is 1. The standard InChI is InChI=1S/C22H19N3O3/c1-28-15-5-7-19-16(10-15)13(11-23-19)8-18-17-9-14(24-21(26)12-2-3-12)4-6-20(17)25-22(18)27/h4-12,23H,2-3H2,1H3,(H,24,26)(H,25,27)/b18-8-. The van der Waals surface area contributed by atoms with Gasteiger partial charge in [0.1, 0.15) is 5.75 Å². The minimum atomic E-state index is -0.155. The van der Waals surface area contributed by atoms with Crippen molar-refractivity contribution >= 4 is 45.7 Å². The Labute approximate surface area is 161 Å². The van der Waals surface area contributed by atoms with Crippen molar-refractivity contribution in [1.29, 1.82) is 0 Å². The number of benzene rings is 2. The van der Waals surface area contributed by atoms with Gasteiger partial charge in [-0.15, -0.1) is 0 Å². The fourth-order valence-corrected chi connectivity index (χ4v) is 3.52. The van der Waals surface area contributed by atoms with Gasteiger partial charge in [0.15, 0.2) is 0 Å². The number of carbonyl (C=O) groups excluding carboxylic acids is 2. The molecule has 3 N–H and O–H groups in total. The predicted molar refractivity (Wildman–Crippen MR) is 109 cm³/mol. The van der Waals surface area contributed by atoms with E-state index in [0.29, 0.717) is 11.3 Å². The van der Waals surface area contributed by atoms with Gasteiger partial charge in [0.05, 0.1) is 7.11 Å². The van der Waals surface area contributed by atoms with Crippen LogP contribution >= 0.6 is 0 Å². The molecule has 1 saturated carbocycles. The van der Waals surface area contributed by atoms with Crippen LogP contribution in [0.2, 0.25) is 0 Å². The van der Waals surface area contributed by atoms with Crippen LogP contribution in [0.3, 0.4) is 0 Å². The van der Waals surface area contributed by atoms with Crippen molar-refractivity contribution in [3.8, 4) is 5.75 Å². The first-order chi connectivity index (χ1) is 13.6. The molecule has 0 radical (unpaired) electrons. The van der Waals surface area contributed by atoms with E-state index in [0.717, 1.165) is 46.3 Å². The highest BCUT2D eigenvalue weighted by Crippen LogP contribution is 2.37. The van der Waals surface area contributed by atoms with Crippen LogP contribution in [0.25, 0.3) is 22.6 Å². The maximum atomic E-state index is 12.6. The molecule has 1 aliphatic heterocycles. The molecule has 1 fully saturated rings. The summed E-state index contributed by atoms with van der Waals surface area (Å²) in [7, 11) is 1.63. The van der Waals surface area contributed by atoms with Crippen molar-refractivity contribution in [2.75, 3.05) is 17.7 Å². The van der Waals surface area contributed by atoms with Crippen LogP contribution in [0.1, 0.15) is 24.0 Å². The molecule has 3 aromatic rings. The predicted octanol–water partition coefficient (Wildman–Crippen LogP) is 4.02. The average molecular weight is 373 g/mol. The van der Waals surface area contributed by atoms with Gasteiger partial charge < -0.3 is 20.4 Å². The third-order valence-electron chi connectivity index (χ3n) is 5.24. The Bertz CT molecular complexity index is 1160. The summed E-state index contributed by atoms with van der Waals surface area (Å²) < 4.78 is 5.32. The quantitative estimate of drug-likeness (QED) is 0.604. The van der Waals surface area contributed by atoms with E-state index in [-0.39, 0.29) is 17.7 Å². The zero-order chi connectivity index (χ0) is 19.3. The summed E-state index contributed by atoms with van der Waals surface area (Å²) in [4.78, 5) is 27.8. The van der Waals surface area contributed by atoms with E-state index < -0.39 is 0 Å². The fraction of sp³-hybridized carbons (Fsp3) is 0.182. The lowest BCUT2D eigenvalue weighted by Crippen LogP contribution is -2.13. The topological polar surface area (TPSA) is 83.2 Å². The van der Waals surface area contributed by atoms with Gasteiger partial charge in [-0.25, -0.2) is 0 Å². The molecule has 2 aliphatic rings. The van der Waals surface area contributed by atoms with Gasteiger partial charge in [0, 0.05) is 51.1 Å². The molecule has 0 saturated heterocycles. The molecule has 1 aromatic heterocycles. The summed E-state index contributed by atoms with van der Waals surface area (Å²) in [6.45, 7) is 0. The highest BCUT2D eigenvalue weighted by Gasteiger charge is 2.30. The lowest BCUT2D eigenvalue weighted by Gasteiger charge is -2.06. The third kappa shape index (κ3) is 2.83. The summed E-state index contributed by atoms with van der Waals surface area (Å²) in [5.41, 5.74) is 4.69. The maximum Gasteiger partial charge on any atom is 0.256 e. The van der Waals surface area contributed by atoms with Gasteiger partial charge in [-0.2, -0.15) is 0 Å². The highest BCUT2D eigenvalue weighted by molar-refractivity contribution is 6.35. The molecule has 6 heteroatoms. The number of amides is 2. The molecule has 28 heavy (non-hydrogen) atoms. The first-order valence-corrected chi connectivity index (χ1v) is 9.26. The summed E-state index contributed by atoms with van der Waals surface area (Å²) in [5.74, 6) is 0.779. The van der Waals surface area contributed by atoms with Crippen molar-refractivity contribution < 1.29 is 14.3 Å². The molecule has 2 heterocycles. The molecule has 0 bridgehead atoms. The second-order valence-corrected chi connectivity index (χ2v) is 7.19. The number of methoxy groups -OCH3 is 1. The van der Waals surface area contributed by atoms with Crippen molar-refractivity contribution in [2.24, 2.45) is 5.92 Å². The minimum Gasteiger partial charge on any atom is -0.497 e. The number of hydrogen-bond acceptors (Lipinski definition) is 3. The normalized spacial score (nSPS) is 16.9. The van der Waals surface area contributed by atoms with Gasteiger partial charge in [-0.1, -0.05) is 0 Å². The Balaban J connectivity index is 1.54. The molecule has 2 amide bonds. The summed E-state index contributed by atoms with van der Waals surface area (Å²) in [5, 5.41) is 6.81. The summed E-state index contributed by atoms with van der Waals surface area (Å²) >= 11 is 0. The number of aromatic amines is 1. The number of anilines is 2.